The summed E-state index contributed by atoms with van der Waals surface area (Å²) in [7, 11) is -3.90. The molecular weight excluding hydrogens is 331 g/mol. The van der Waals surface area contributed by atoms with Gasteiger partial charge in [-0.1, -0.05) is 12.1 Å². The molecule has 5 nitrogen and oxygen atoms in total. The van der Waals surface area contributed by atoms with Gasteiger partial charge in [0.2, 0.25) is 10.0 Å². The molecule has 0 unspecified atom stereocenters. The van der Waals surface area contributed by atoms with E-state index in [1.165, 1.54) is 28.8 Å². The highest BCUT2D eigenvalue weighted by Gasteiger charge is 2.26. The van der Waals surface area contributed by atoms with E-state index in [0.29, 0.717) is 11.5 Å². The molecule has 2 aromatic heterocycles. The first-order chi connectivity index (χ1) is 11.6. The monoisotopic (exact) mass is 346 g/mol. The van der Waals surface area contributed by atoms with Gasteiger partial charge in [-0.3, -0.25) is 4.98 Å². The molecule has 24 heavy (non-hydrogen) atoms. The summed E-state index contributed by atoms with van der Waals surface area (Å²) in [6.45, 7) is 0.0861. The van der Waals surface area contributed by atoms with Crippen molar-refractivity contribution in [1.82, 2.24) is 9.29 Å². The highest BCUT2D eigenvalue weighted by molar-refractivity contribution is 7.89. The first-order valence-electron chi connectivity index (χ1n) is 7.24. The lowest BCUT2D eigenvalue weighted by Crippen LogP contribution is -2.30. The molecule has 0 amide bonds. The number of hydrogen-bond donors (Lipinski definition) is 0. The molecule has 7 heteroatoms. The van der Waals surface area contributed by atoms with Gasteiger partial charge in [-0.2, -0.15) is 4.31 Å². The van der Waals surface area contributed by atoms with Gasteiger partial charge in [-0.05, 0) is 42.5 Å². The fraction of sp³-hybridized carbons (Fsp3) is 0.118. The fourth-order valence-corrected chi connectivity index (χ4v) is 3.66. The van der Waals surface area contributed by atoms with Crippen LogP contribution in [0.2, 0.25) is 0 Å². The molecule has 0 atom stereocenters. The van der Waals surface area contributed by atoms with E-state index < -0.39 is 15.8 Å². The van der Waals surface area contributed by atoms with Gasteiger partial charge in [0.25, 0.3) is 0 Å². The summed E-state index contributed by atoms with van der Waals surface area (Å²) in [5.41, 5.74) is 0.587. The number of hydrogen-bond acceptors (Lipinski definition) is 4. The van der Waals surface area contributed by atoms with Crippen LogP contribution in [-0.4, -0.2) is 17.7 Å². The molecule has 3 aromatic rings. The predicted octanol–water partition coefficient (Wildman–Crippen LogP) is 3.20. The molecule has 0 radical (unpaired) electrons. The Bertz CT molecular complexity index is 897. The van der Waals surface area contributed by atoms with Crippen LogP contribution in [0.25, 0.3) is 0 Å². The Balaban J connectivity index is 1.96. The molecule has 0 aliphatic heterocycles. The Labute approximate surface area is 139 Å². The van der Waals surface area contributed by atoms with Crippen LogP contribution in [0.4, 0.5) is 4.39 Å². The van der Waals surface area contributed by atoms with Gasteiger partial charge >= 0.3 is 0 Å². The minimum absolute atomic E-state index is 0.0302. The van der Waals surface area contributed by atoms with E-state index in [4.69, 9.17) is 4.42 Å². The van der Waals surface area contributed by atoms with Crippen LogP contribution in [0.1, 0.15) is 11.5 Å². The van der Waals surface area contributed by atoms with Gasteiger partial charge in [0.1, 0.15) is 11.6 Å². The Morgan fingerprint density at radius 2 is 1.92 bits per heavy atom. The van der Waals surface area contributed by atoms with Crippen molar-refractivity contribution in [2.45, 2.75) is 18.0 Å². The first kappa shape index (κ1) is 16.4. The van der Waals surface area contributed by atoms with Crippen molar-refractivity contribution < 1.29 is 17.2 Å². The van der Waals surface area contributed by atoms with Crippen LogP contribution in [-0.2, 0) is 23.1 Å². The number of furan rings is 1. The van der Waals surface area contributed by atoms with Crippen molar-refractivity contribution in [3.63, 3.8) is 0 Å². The van der Waals surface area contributed by atoms with E-state index in [9.17, 15) is 12.8 Å². The van der Waals surface area contributed by atoms with Crippen molar-refractivity contribution in [2.75, 3.05) is 0 Å². The Kier molecular flexibility index (Phi) is 4.73. The maximum absolute atomic E-state index is 13.5. The summed E-state index contributed by atoms with van der Waals surface area (Å²) in [6.07, 6.45) is 3.07. The largest absolute Gasteiger partial charge is 0.468 e. The van der Waals surface area contributed by atoms with Crippen LogP contribution in [0.15, 0.2) is 76.4 Å². The Morgan fingerprint density at radius 1 is 1.04 bits per heavy atom. The van der Waals surface area contributed by atoms with Crippen molar-refractivity contribution in [3.8, 4) is 0 Å². The van der Waals surface area contributed by atoms with Crippen LogP contribution < -0.4 is 0 Å². The van der Waals surface area contributed by atoms with Crippen molar-refractivity contribution in [3.05, 3.63) is 84.3 Å². The van der Waals surface area contributed by atoms with E-state index in [2.05, 4.69) is 4.98 Å². The van der Waals surface area contributed by atoms with E-state index in [-0.39, 0.29) is 18.0 Å². The lowest BCUT2D eigenvalue weighted by atomic mass is 10.3. The lowest BCUT2D eigenvalue weighted by Gasteiger charge is -2.21. The first-order valence-corrected chi connectivity index (χ1v) is 8.68. The van der Waals surface area contributed by atoms with Crippen LogP contribution >= 0.6 is 0 Å². The minimum atomic E-state index is -3.90. The van der Waals surface area contributed by atoms with Gasteiger partial charge in [0, 0.05) is 6.20 Å². The molecule has 0 aliphatic carbocycles. The van der Waals surface area contributed by atoms with Crippen LogP contribution in [0.5, 0.6) is 0 Å². The van der Waals surface area contributed by atoms with Crippen LogP contribution in [0.3, 0.4) is 0 Å². The molecule has 0 saturated carbocycles. The highest BCUT2D eigenvalue weighted by Crippen LogP contribution is 2.21. The lowest BCUT2D eigenvalue weighted by molar-refractivity contribution is 0.355. The maximum atomic E-state index is 13.5. The molecule has 0 spiro atoms. The molecule has 0 saturated heterocycles. The SMILES string of the molecule is O=S(=O)(c1cccc(F)c1)N(Cc1ccccn1)Cc1ccco1. The van der Waals surface area contributed by atoms with E-state index in [1.54, 1.807) is 36.5 Å². The minimum Gasteiger partial charge on any atom is -0.468 e. The number of nitrogens with zero attached hydrogens (tertiary/aromatic N) is 2. The summed E-state index contributed by atoms with van der Waals surface area (Å²) >= 11 is 0. The third kappa shape index (κ3) is 3.69. The third-order valence-corrected chi connectivity index (χ3v) is 5.20. The molecule has 0 N–H and O–H groups in total. The average molecular weight is 346 g/mol. The molecule has 2 heterocycles. The second-order valence-corrected chi connectivity index (χ2v) is 7.07. The smallest absolute Gasteiger partial charge is 0.243 e. The topological polar surface area (TPSA) is 63.4 Å². The molecule has 0 bridgehead atoms. The zero-order chi connectivity index (χ0) is 17.0. The second kappa shape index (κ2) is 6.94. The maximum Gasteiger partial charge on any atom is 0.243 e. The number of halogens is 1. The summed E-state index contributed by atoms with van der Waals surface area (Å²) in [6, 6.07) is 13.6. The molecule has 0 aliphatic rings. The van der Waals surface area contributed by atoms with E-state index in [0.717, 1.165) is 6.07 Å². The summed E-state index contributed by atoms with van der Waals surface area (Å²) in [5.74, 6) is -0.113. The van der Waals surface area contributed by atoms with Crippen molar-refractivity contribution in [2.24, 2.45) is 0 Å². The predicted molar refractivity (Wildman–Crippen MR) is 85.8 cm³/mol. The van der Waals surface area contributed by atoms with Gasteiger partial charge < -0.3 is 4.42 Å². The zero-order valence-corrected chi connectivity index (χ0v) is 13.5. The van der Waals surface area contributed by atoms with Gasteiger partial charge in [-0.15, -0.1) is 0 Å². The molecular formula is C17H15FN2O3S. The molecule has 0 fully saturated rings. The van der Waals surface area contributed by atoms with E-state index in [1.807, 2.05) is 0 Å². The Hall–Kier alpha value is -2.51. The second-order valence-electron chi connectivity index (χ2n) is 5.13. The zero-order valence-electron chi connectivity index (χ0n) is 12.7. The number of sulfonamides is 1. The van der Waals surface area contributed by atoms with Gasteiger partial charge in [0.15, 0.2) is 0 Å². The fourth-order valence-electron chi connectivity index (χ4n) is 2.25. The summed E-state index contributed by atoms with van der Waals surface area (Å²) < 4.78 is 45.7. The van der Waals surface area contributed by atoms with Gasteiger partial charge in [-0.25, -0.2) is 12.8 Å². The third-order valence-electron chi connectivity index (χ3n) is 3.41. The Morgan fingerprint density at radius 3 is 2.58 bits per heavy atom. The van der Waals surface area contributed by atoms with E-state index >= 15 is 0 Å². The molecule has 1 aromatic carbocycles. The molecule has 124 valence electrons. The average Bonchev–Trinajstić information content (AvgIpc) is 3.08. The number of benzene rings is 1. The normalized spacial score (nSPS) is 11.8. The van der Waals surface area contributed by atoms with Gasteiger partial charge in [0.05, 0.1) is 29.9 Å². The standard InChI is InChI=1S/C17H15FN2O3S/c18-14-5-3-8-17(11-14)24(21,22)20(13-16-7-4-10-23-16)12-15-6-1-2-9-19-15/h1-11H,12-13H2. The quantitative estimate of drug-likeness (QED) is 0.687. The summed E-state index contributed by atoms with van der Waals surface area (Å²) in [5, 5.41) is 0. The molecule has 3 rings (SSSR count). The van der Waals surface area contributed by atoms with Crippen LogP contribution in [0, 0.1) is 5.82 Å². The van der Waals surface area contributed by atoms with Crippen molar-refractivity contribution >= 4 is 10.0 Å². The highest BCUT2D eigenvalue weighted by atomic mass is 32.2. The number of aromatic nitrogens is 1. The summed E-state index contributed by atoms with van der Waals surface area (Å²) in [4.78, 5) is 4.06. The van der Waals surface area contributed by atoms with Crippen molar-refractivity contribution in [1.29, 1.82) is 0 Å². The number of pyridine rings is 1. The number of rotatable bonds is 6.